The largest absolute Gasteiger partial charge is 0.322 e. The highest BCUT2D eigenvalue weighted by atomic mass is 79.9. The molecule has 0 unspecified atom stereocenters. The summed E-state index contributed by atoms with van der Waals surface area (Å²) >= 11 is 6.27. The van der Waals surface area contributed by atoms with Crippen molar-refractivity contribution in [1.29, 1.82) is 0 Å². The van der Waals surface area contributed by atoms with E-state index in [1.807, 2.05) is 0 Å². The number of rotatable bonds is 3. The fourth-order valence-electron chi connectivity index (χ4n) is 1.50. The fourth-order valence-corrected chi connectivity index (χ4v) is 2.08. The second-order valence-corrected chi connectivity index (χ2v) is 5.55. The average Bonchev–Trinajstić information content (AvgIpc) is 2.43. The number of halogens is 3. The van der Waals surface area contributed by atoms with Gasteiger partial charge in [-0.2, -0.15) is 0 Å². The lowest BCUT2D eigenvalue weighted by molar-refractivity contribution is 0.102. The smallest absolute Gasteiger partial charge is 0.259 e. The maximum atomic E-state index is 13.4. The van der Waals surface area contributed by atoms with Crippen LogP contribution >= 0.6 is 31.9 Å². The van der Waals surface area contributed by atoms with E-state index in [0.717, 1.165) is 0 Å². The molecule has 2 rings (SSSR count). The molecule has 0 bridgehead atoms. The molecule has 1 amide bonds. The molecule has 0 radical (unpaired) electrons. The minimum Gasteiger partial charge on any atom is -0.322 e. The van der Waals surface area contributed by atoms with Crippen LogP contribution in [0.2, 0.25) is 0 Å². The van der Waals surface area contributed by atoms with E-state index >= 15 is 0 Å². The van der Waals surface area contributed by atoms with Gasteiger partial charge in [0.2, 0.25) is 0 Å². The molecular weight excluding hydrogens is 395 g/mol. The highest BCUT2D eigenvalue weighted by Gasteiger charge is 2.13. The first-order chi connectivity index (χ1) is 9.51. The van der Waals surface area contributed by atoms with Gasteiger partial charge in [-0.25, -0.2) is 15.2 Å². The Morgan fingerprint density at radius 2 is 2.05 bits per heavy atom. The third kappa shape index (κ3) is 3.33. The molecule has 0 aliphatic rings. The highest BCUT2D eigenvalue weighted by molar-refractivity contribution is 9.10. The minimum absolute atomic E-state index is 0.225. The summed E-state index contributed by atoms with van der Waals surface area (Å²) in [6, 6.07) is 5.86. The van der Waals surface area contributed by atoms with Gasteiger partial charge >= 0.3 is 0 Å². The Hall–Kier alpha value is -1.51. The van der Waals surface area contributed by atoms with Gasteiger partial charge in [-0.3, -0.25) is 4.79 Å². The predicted octanol–water partition coefficient (Wildman–Crippen LogP) is 3.28. The van der Waals surface area contributed by atoms with Crippen molar-refractivity contribution in [3.8, 4) is 0 Å². The van der Waals surface area contributed by atoms with E-state index in [1.54, 1.807) is 12.1 Å². The number of amides is 1. The first-order valence-electron chi connectivity index (χ1n) is 5.40. The van der Waals surface area contributed by atoms with Gasteiger partial charge in [0.15, 0.2) is 5.82 Å². The molecule has 0 saturated heterocycles. The molecule has 8 heteroatoms. The van der Waals surface area contributed by atoms with Crippen molar-refractivity contribution in [1.82, 2.24) is 4.98 Å². The quantitative estimate of drug-likeness (QED) is 0.542. The van der Waals surface area contributed by atoms with Crippen LogP contribution in [0.4, 0.5) is 15.9 Å². The van der Waals surface area contributed by atoms with Crippen molar-refractivity contribution in [2.45, 2.75) is 0 Å². The number of benzene rings is 1. The Morgan fingerprint density at radius 3 is 2.70 bits per heavy atom. The number of nitrogens with zero attached hydrogens (tertiary/aromatic N) is 1. The summed E-state index contributed by atoms with van der Waals surface area (Å²) < 4.78 is 14.3. The van der Waals surface area contributed by atoms with Gasteiger partial charge in [0.1, 0.15) is 5.82 Å². The Morgan fingerprint density at radius 1 is 1.30 bits per heavy atom. The lowest BCUT2D eigenvalue weighted by Crippen LogP contribution is -2.18. The molecule has 0 aliphatic heterocycles. The molecule has 1 aromatic carbocycles. The van der Waals surface area contributed by atoms with Crippen LogP contribution in [0.3, 0.4) is 0 Å². The van der Waals surface area contributed by atoms with Crippen LogP contribution in [0.15, 0.2) is 39.4 Å². The van der Waals surface area contributed by atoms with Crippen molar-refractivity contribution in [3.05, 3.63) is 50.8 Å². The van der Waals surface area contributed by atoms with E-state index in [-0.39, 0.29) is 11.4 Å². The molecule has 2 aromatic rings. The van der Waals surface area contributed by atoms with Gasteiger partial charge in [0, 0.05) is 16.4 Å². The zero-order valence-electron chi connectivity index (χ0n) is 9.95. The molecule has 1 heterocycles. The number of hydrogen-bond acceptors (Lipinski definition) is 4. The topological polar surface area (TPSA) is 80.0 Å². The zero-order chi connectivity index (χ0) is 14.7. The third-order valence-corrected chi connectivity index (χ3v) is 3.49. The first-order valence-corrected chi connectivity index (χ1v) is 6.98. The van der Waals surface area contributed by atoms with Gasteiger partial charge in [-0.1, -0.05) is 0 Å². The number of carbonyl (C=O) groups excluding carboxylic acids is 1. The maximum absolute atomic E-state index is 13.4. The molecule has 0 saturated carbocycles. The van der Waals surface area contributed by atoms with Crippen LogP contribution in [0.1, 0.15) is 10.4 Å². The molecule has 5 nitrogen and oxygen atoms in total. The van der Waals surface area contributed by atoms with E-state index in [2.05, 4.69) is 47.6 Å². The van der Waals surface area contributed by atoms with Crippen LogP contribution in [0.5, 0.6) is 0 Å². The van der Waals surface area contributed by atoms with E-state index < -0.39 is 11.7 Å². The second kappa shape index (κ2) is 6.29. The predicted molar refractivity (Wildman–Crippen MR) is 81.8 cm³/mol. The molecule has 20 heavy (non-hydrogen) atoms. The maximum Gasteiger partial charge on any atom is 0.259 e. The zero-order valence-corrected chi connectivity index (χ0v) is 13.1. The van der Waals surface area contributed by atoms with Crippen LogP contribution in [0.25, 0.3) is 0 Å². The normalized spacial score (nSPS) is 10.2. The first kappa shape index (κ1) is 14.9. The van der Waals surface area contributed by atoms with Gasteiger partial charge in [-0.05, 0) is 56.1 Å². The number of nitrogens with two attached hydrogens (primary N) is 1. The molecule has 0 atom stereocenters. The van der Waals surface area contributed by atoms with Crippen molar-refractivity contribution >= 4 is 49.3 Å². The molecule has 0 spiro atoms. The molecule has 0 aliphatic carbocycles. The summed E-state index contributed by atoms with van der Waals surface area (Å²) in [5.74, 6) is 4.61. The summed E-state index contributed by atoms with van der Waals surface area (Å²) in [6.45, 7) is 0. The number of aromatic nitrogens is 1. The van der Waals surface area contributed by atoms with E-state index in [4.69, 9.17) is 5.84 Å². The molecular formula is C12H9Br2FN4O. The number of carbonyl (C=O) groups is 1. The van der Waals surface area contributed by atoms with Crippen molar-refractivity contribution in [3.63, 3.8) is 0 Å². The van der Waals surface area contributed by atoms with Gasteiger partial charge in [-0.15, -0.1) is 0 Å². The summed E-state index contributed by atoms with van der Waals surface area (Å²) in [5, 5.41) is 2.57. The summed E-state index contributed by atoms with van der Waals surface area (Å²) in [6.07, 6.45) is 1.51. The minimum atomic E-state index is -0.465. The van der Waals surface area contributed by atoms with E-state index in [1.165, 1.54) is 18.3 Å². The Kier molecular flexibility index (Phi) is 4.69. The van der Waals surface area contributed by atoms with Crippen LogP contribution in [-0.2, 0) is 0 Å². The van der Waals surface area contributed by atoms with Gasteiger partial charge in [0.25, 0.3) is 5.91 Å². The van der Waals surface area contributed by atoms with Crippen molar-refractivity contribution in [2.24, 2.45) is 5.84 Å². The molecule has 104 valence electrons. The van der Waals surface area contributed by atoms with E-state index in [9.17, 15) is 9.18 Å². The third-order valence-electron chi connectivity index (χ3n) is 2.41. The Balaban J connectivity index is 2.27. The SMILES string of the molecule is NNc1ncc(Br)cc1C(=O)Nc1ccc(Br)c(F)c1. The van der Waals surface area contributed by atoms with Crippen molar-refractivity contribution < 1.29 is 9.18 Å². The van der Waals surface area contributed by atoms with E-state index in [0.29, 0.717) is 14.6 Å². The lowest BCUT2D eigenvalue weighted by atomic mass is 10.2. The Labute approximate surface area is 131 Å². The lowest BCUT2D eigenvalue weighted by Gasteiger charge is -2.09. The number of anilines is 2. The molecule has 1 aromatic heterocycles. The molecule has 4 N–H and O–H groups in total. The highest BCUT2D eigenvalue weighted by Crippen LogP contribution is 2.22. The monoisotopic (exact) mass is 402 g/mol. The number of nitrogens with one attached hydrogen (secondary N) is 2. The number of pyridine rings is 1. The van der Waals surface area contributed by atoms with Crippen molar-refractivity contribution in [2.75, 3.05) is 10.7 Å². The number of hydrazine groups is 1. The van der Waals surface area contributed by atoms with Gasteiger partial charge in [0.05, 0.1) is 10.0 Å². The number of hydrogen-bond donors (Lipinski definition) is 3. The average molecular weight is 404 g/mol. The summed E-state index contributed by atoms with van der Waals surface area (Å²) in [4.78, 5) is 16.1. The van der Waals surface area contributed by atoms with Crippen LogP contribution in [0, 0.1) is 5.82 Å². The fraction of sp³-hybridized carbons (Fsp3) is 0. The number of nitrogen functional groups attached to an aromatic ring is 1. The second-order valence-electron chi connectivity index (χ2n) is 3.78. The van der Waals surface area contributed by atoms with Crippen LogP contribution in [-0.4, -0.2) is 10.9 Å². The van der Waals surface area contributed by atoms with Gasteiger partial charge < -0.3 is 10.7 Å². The summed E-state index contributed by atoms with van der Waals surface area (Å²) in [7, 11) is 0. The van der Waals surface area contributed by atoms with Crippen LogP contribution < -0.4 is 16.6 Å². The Bertz CT molecular complexity index is 666. The molecule has 0 fully saturated rings. The standard InChI is InChI=1S/C12H9Br2FN4O/c13-6-3-8(11(19-16)17-5-6)12(20)18-7-1-2-9(14)10(15)4-7/h1-5H,16H2,(H,17,19)(H,18,20). The summed E-state index contributed by atoms with van der Waals surface area (Å²) in [5.41, 5.74) is 2.91.